The quantitative estimate of drug-likeness (QED) is 0.922. The Kier molecular flexibility index (Phi) is 3.53. The van der Waals surface area contributed by atoms with Crippen LogP contribution in [0.4, 0.5) is 0 Å². The molecule has 1 unspecified atom stereocenters. The van der Waals surface area contributed by atoms with E-state index in [1.165, 1.54) is 4.31 Å². The molecular weight excluding hydrogens is 290 g/mol. The molecule has 1 aliphatic carbocycles. The normalized spacial score (nSPS) is 29.5. The molecule has 3 rings (SSSR count). The maximum atomic E-state index is 12.6. The number of carboxylic acids is 1. The van der Waals surface area contributed by atoms with E-state index in [9.17, 15) is 13.2 Å². The molecule has 1 saturated carbocycles. The first kappa shape index (κ1) is 14.5. The summed E-state index contributed by atoms with van der Waals surface area (Å²) in [6, 6.07) is 6.86. The minimum atomic E-state index is -3.46. The zero-order valence-electron chi connectivity index (χ0n) is 11.9. The van der Waals surface area contributed by atoms with Crippen molar-refractivity contribution >= 4 is 16.0 Å². The van der Waals surface area contributed by atoms with Crippen molar-refractivity contribution in [2.45, 2.75) is 24.7 Å². The highest BCUT2D eigenvalue weighted by atomic mass is 32.2. The predicted octanol–water partition coefficient (Wildman–Crippen LogP) is 1.73. The van der Waals surface area contributed by atoms with Crippen LogP contribution in [-0.2, 0) is 14.8 Å². The third-order valence-corrected chi connectivity index (χ3v) is 6.61. The molecule has 1 aromatic rings. The van der Waals surface area contributed by atoms with E-state index in [0.717, 1.165) is 5.56 Å². The topological polar surface area (TPSA) is 74.7 Å². The molecule has 1 N–H and O–H groups in total. The van der Waals surface area contributed by atoms with E-state index in [1.807, 2.05) is 6.92 Å². The first-order valence-electron chi connectivity index (χ1n) is 7.21. The Morgan fingerprint density at radius 1 is 1.14 bits per heavy atom. The summed E-state index contributed by atoms with van der Waals surface area (Å²) >= 11 is 0. The number of fused-ring (bicyclic) bond motifs is 1. The van der Waals surface area contributed by atoms with Gasteiger partial charge >= 0.3 is 5.97 Å². The van der Waals surface area contributed by atoms with Gasteiger partial charge in [-0.3, -0.25) is 4.79 Å². The van der Waals surface area contributed by atoms with Gasteiger partial charge in [0.25, 0.3) is 0 Å². The fourth-order valence-corrected chi connectivity index (χ4v) is 4.87. The molecule has 1 heterocycles. The van der Waals surface area contributed by atoms with E-state index >= 15 is 0 Å². The van der Waals surface area contributed by atoms with Crippen LogP contribution in [0.25, 0.3) is 0 Å². The molecule has 2 aliphatic rings. The number of nitrogens with zero attached hydrogens (tertiary/aromatic N) is 1. The van der Waals surface area contributed by atoms with Gasteiger partial charge in [-0.25, -0.2) is 8.42 Å². The highest BCUT2D eigenvalue weighted by Gasteiger charge is 2.55. The van der Waals surface area contributed by atoms with Crippen molar-refractivity contribution in [3.05, 3.63) is 29.8 Å². The molecule has 0 spiro atoms. The summed E-state index contributed by atoms with van der Waals surface area (Å²) < 4.78 is 26.7. The second kappa shape index (κ2) is 5.10. The van der Waals surface area contributed by atoms with Crippen molar-refractivity contribution in [1.82, 2.24) is 4.31 Å². The predicted molar refractivity (Wildman–Crippen MR) is 77.3 cm³/mol. The highest BCUT2D eigenvalue weighted by molar-refractivity contribution is 7.89. The van der Waals surface area contributed by atoms with E-state index in [1.54, 1.807) is 24.3 Å². The molecule has 2 fully saturated rings. The maximum absolute atomic E-state index is 12.6. The average Bonchev–Trinajstić information content (AvgIpc) is 3.13. The highest BCUT2D eigenvalue weighted by Crippen LogP contribution is 2.52. The second-order valence-corrected chi connectivity index (χ2v) is 7.92. The Morgan fingerprint density at radius 2 is 1.67 bits per heavy atom. The van der Waals surface area contributed by atoms with Crippen molar-refractivity contribution in [2.24, 2.45) is 17.8 Å². The second-order valence-electron chi connectivity index (χ2n) is 5.99. The molecule has 6 heteroatoms. The lowest BCUT2D eigenvalue weighted by molar-refractivity contribution is -0.139. The molecule has 0 radical (unpaired) electrons. The van der Waals surface area contributed by atoms with Crippen LogP contribution in [0.2, 0.25) is 0 Å². The molecule has 3 atom stereocenters. The van der Waals surface area contributed by atoms with E-state index in [0.29, 0.717) is 30.8 Å². The molecule has 0 amide bonds. The molecule has 0 bridgehead atoms. The SMILES string of the molecule is Cc1ccc(S(=O)(=O)N2CC[C@@H]3C(C(=O)O)[C@@H]3CC2)cc1. The lowest BCUT2D eigenvalue weighted by atomic mass is 10.2. The van der Waals surface area contributed by atoms with Gasteiger partial charge < -0.3 is 5.11 Å². The summed E-state index contributed by atoms with van der Waals surface area (Å²) in [6.07, 6.45) is 1.29. The number of carboxylic acid groups (broad SMARTS) is 1. The smallest absolute Gasteiger partial charge is 0.307 e. The van der Waals surface area contributed by atoms with Gasteiger partial charge in [-0.1, -0.05) is 17.7 Å². The van der Waals surface area contributed by atoms with Crippen molar-refractivity contribution in [3.8, 4) is 0 Å². The van der Waals surface area contributed by atoms with Crippen LogP contribution in [0.1, 0.15) is 18.4 Å². The summed E-state index contributed by atoms with van der Waals surface area (Å²) in [5.41, 5.74) is 1.02. The van der Waals surface area contributed by atoms with Gasteiger partial charge in [0.15, 0.2) is 0 Å². The van der Waals surface area contributed by atoms with E-state index in [-0.39, 0.29) is 17.8 Å². The average molecular weight is 309 g/mol. The fraction of sp³-hybridized carbons (Fsp3) is 0.533. The summed E-state index contributed by atoms with van der Waals surface area (Å²) in [5, 5.41) is 9.07. The lowest BCUT2D eigenvalue weighted by Gasteiger charge is -2.21. The largest absolute Gasteiger partial charge is 0.481 e. The molecule has 114 valence electrons. The van der Waals surface area contributed by atoms with Crippen LogP contribution < -0.4 is 0 Å². The van der Waals surface area contributed by atoms with E-state index in [4.69, 9.17) is 5.11 Å². The number of carbonyl (C=O) groups is 1. The van der Waals surface area contributed by atoms with Gasteiger partial charge in [0, 0.05) is 13.1 Å². The Labute approximate surface area is 124 Å². The summed E-state index contributed by atoms with van der Waals surface area (Å²) in [6.45, 7) is 2.75. The molecule has 5 nitrogen and oxygen atoms in total. The zero-order valence-corrected chi connectivity index (χ0v) is 12.7. The number of hydrogen-bond donors (Lipinski definition) is 1. The van der Waals surface area contributed by atoms with Crippen LogP contribution >= 0.6 is 0 Å². The van der Waals surface area contributed by atoms with Crippen LogP contribution in [-0.4, -0.2) is 36.9 Å². The van der Waals surface area contributed by atoms with Crippen LogP contribution in [0, 0.1) is 24.7 Å². The molecular formula is C15H19NO4S. The first-order valence-corrected chi connectivity index (χ1v) is 8.65. The van der Waals surface area contributed by atoms with Crippen molar-refractivity contribution in [3.63, 3.8) is 0 Å². The number of aliphatic carboxylic acids is 1. The van der Waals surface area contributed by atoms with Gasteiger partial charge in [-0.2, -0.15) is 4.31 Å². The number of rotatable bonds is 3. The van der Waals surface area contributed by atoms with Crippen LogP contribution in [0.3, 0.4) is 0 Å². The lowest BCUT2D eigenvalue weighted by Crippen LogP contribution is -2.33. The molecule has 1 saturated heterocycles. The van der Waals surface area contributed by atoms with Gasteiger partial charge in [0.05, 0.1) is 10.8 Å². The monoisotopic (exact) mass is 309 g/mol. The standard InChI is InChI=1S/C15H19NO4S/c1-10-2-4-11(5-3-10)21(19,20)16-8-6-12-13(7-9-16)14(12)15(17)18/h2-5,12-14H,6-9H2,1H3,(H,17,18)/t12-,13+,14?. The van der Waals surface area contributed by atoms with Crippen molar-refractivity contribution in [2.75, 3.05) is 13.1 Å². The maximum Gasteiger partial charge on any atom is 0.307 e. The number of sulfonamides is 1. The van der Waals surface area contributed by atoms with Crippen molar-refractivity contribution < 1.29 is 18.3 Å². The number of aryl methyl sites for hydroxylation is 1. The molecule has 0 aromatic heterocycles. The van der Waals surface area contributed by atoms with Crippen molar-refractivity contribution in [1.29, 1.82) is 0 Å². The van der Waals surface area contributed by atoms with Crippen LogP contribution in [0.15, 0.2) is 29.2 Å². The summed E-state index contributed by atoms with van der Waals surface area (Å²) in [4.78, 5) is 11.4. The Balaban J connectivity index is 1.74. The van der Waals surface area contributed by atoms with Crippen LogP contribution in [0.5, 0.6) is 0 Å². The number of hydrogen-bond acceptors (Lipinski definition) is 3. The zero-order chi connectivity index (χ0) is 15.2. The Hall–Kier alpha value is -1.40. The minimum absolute atomic E-state index is 0.153. The van der Waals surface area contributed by atoms with Gasteiger partial charge in [0.2, 0.25) is 10.0 Å². The summed E-state index contributed by atoms with van der Waals surface area (Å²) in [7, 11) is -3.46. The summed E-state index contributed by atoms with van der Waals surface area (Å²) in [5.74, 6) is -0.685. The molecule has 1 aromatic carbocycles. The molecule has 1 aliphatic heterocycles. The third-order valence-electron chi connectivity index (χ3n) is 4.70. The Morgan fingerprint density at radius 3 is 2.14 bits per heavy atom. The molecule has 21 heavy (non-hydrogen) atoms. The Bertz CT molecular complexity index is 639. The fourth-order valence-electron chi connectivity index (χ4n) is 3.40. The van der Waals surface area contributed by atoms with Gasteiger partial charge in [-0.15, -0.1) is 0 Å². The van der Waals surface area contributed by atoms with E-state index in [2.05, 4.69) is 0 Å². The number of benzene rings is 1. The van der Waals surface area contributed by atoms with Gasteiger partial charge in [0.1, 0.15) is 0 Å². The minimum Gasteiger partial charge on any atom is -0.481 e. The van der Waals surface area contributed by atoms with E-state index < -0.39 is 16.0 Å². The first-order chi connectivity index (χ1) is 9.91. The van der Waals surface area contributed by atoms with Gasteiger partial charge in [-0.05, 0) is 43.7 Å². The third kappa shape index (κ3) is 2.58.